The first-order chi connectivity index (χ1) is 9.28. The van der Waals surface area contributed by atoms with Crippen LogP contribution in [0.4, 0.5) is 4.39 Å². The number of hydrogen-bond acceptors (Lipinski definition) is 2. The lowest BCUT2D eigenvalue weighted by Gasteiger charge is -2.23. The van der Waals surface area contributed by atoms with Gasteiger partial charge in [0.05, 0.1) is 7.11 Å². The normalized spacial score (nSPS) is 18.2. The van der Waals surface area contributed by atoms with Crippen LogP contribution in [0, 0.1) is 5.82 Å². The molecule has 1 heterocycles. The minimum atomic E-state index is -0.130. The zero-order chi connectivity index (χ0) is 13.2. The molecule has 110 valence electrons. The lowest BCUT2D eigenvalue weighted by molar-refractivity contribution is 0.364. The quantitative estimate of drug-likeness (QED) is 0.844. The van der Waals surface area contributed by atoms with Gasteiger partial charge in [0.15, 0.2) is 0 Å². The second kappa shape index (κ2) is 6.59. The number of methoxy groups -OCH3 is 1. The number of fused-ring (bicyclic) bond motifs is 1. The van der Waals surface area contributed by atoms with Crippen LogP contribution in [0.15, 0.2) is 17.7 Å². The Kier molecular flexibility index (Phi) is 5.06. The second-order valence-electron chi connectivity index (χ2n) is 5.43. The highest BCUT2D eigenvalue weighted by Gasteiger charge is 2.20. The zero-order valence-electron chi connectivity index (χ0n) is 11.8. The number of ether oxygens (including phenoxy) is 1. The van der Waals surface area contributed by atoms with Gasteiger partial charge in [-0.05, 0) is 50.9 Å². The molecule has 0 saturated carbocycles. The van der Waals surface area contributed by atoms with E-state index in [0.29, 0.717) is 0 Å². The molecule has 0 radical (unpaired) electrons. The predicted molar refractivity (Wildman–Crippen MR) is 82.2 cm³/mol. The number of nitrogens with zero attached hydrogens (tertiary/aromatic N) is 1. The van der Waals surface area contributed by atoms with Gasteiger partial charge in [-0.25, -0.2) is 4.39 Å². The molecule has 0 N–H and O–H groups in total. The monoisotopic (exact) mass is 297 g/mol. The Bertz CT molecular complexity index is 509. The van der Waals surface area contributed by atoms with Gasteiger partial charge < -0.3 is 4.74 Å². The van der Waals surface area contributed by atoms with E-state index < -0.39 is 0 Å². The van der Waals surface area contributed by atoms with E-state index in [4.69, 9.17) is 4.74 Å². The van der Waals surface area contributed by atoms with Crippen molar-refractivity contribution >= 4 is 18.5 Å². The van der Waals surface area contributed by atoms with Crippen LogP contribution in [0.25, 0.3) is 6.08 Å². The van der Waals surface area contributed by atoms with E-state index in [1.807, 2.05) is 6.08 Å². The maximum Gasteiger partial charge on any atom is 0.130 e. The molecule has 1 aromatic rings. The van der Waals surface area contributed by atoms with E-state index in [1.54, 1.807) is 13.2 Å². The highest BCUT2D eigenvalue weighted by Crippen LogP contribution is 2.33. The summed E-state index contributed by atoms with van der Waals surface area (Å²) >= 11 is 0. The maximum absolute atomic E-state index is 14.0. The Morgan fingerprint density at radius 3 is 2.65 bits per heavy atom. The molecule has 4 heteroatoms. The van der Waals surface area contributed by atoms with Crippen LogP contribution in [-0.4, -0.2) is 31.6 Å². The third-order valence-corrected chi connectivity index (χ3v) is 4.15. The molecule has 0 aromatic heterocycles. The van der Waals surface area contributed by atoms with Gasteiger partial charge in [-0.15, -0.1) is 12.4 Å². The molecule has 0 amide bonds. The van der Waals surface area contributed by atoms with Gasteiger partial charge in [0, 0.05) is 17.7 Å². The summed E-state index contributed by atoms with van der Waals surface area (Å²) in [6, 6.07) is 3.24. The summed E-state index contributed by atoms with van der Waals surface area (Å²) in [5.41, 5.74) is 3.11. The molecule has 1 aromatic carbocycles. The van der Waals surface area contributed by atoms with Crippen LogP contribution < -0.4 is 4.74 Å². The Balaban J connectivity index is 0.00000147. The van der Waals surface area contributed by atoms with E-state index in [2.05, 4.69) is 4.90 Å². The van der Waals surface area contributed by atoms with Gasteiger partial charge in [-0.1, -0.05) is 11.6 Å². The summed E-state index contributed by atoms with van der Waals surface area (Å²) < 4.78 is 19.3. The number of halogens is 2. The number of rotatable bonds is 3. The molecule has 1 saturated heterocycles. The zero-order valence-corrected chi connectivity index (χ0v) is 12.6. The highest BCUT2D eigenvalue weighted by atomic mass is 35.5. The molecule has 3 rings (SSSR count). The molecule has 20 heavy (non-hydrogen) atoms. The number of hydrogen-bond donors (Lipinski definition) is 0. The first kappa shape index (κ1) is 15.3. The summed E-state index contributed by atoms with van der Waals surface area (Å²) in [5, 5.41) is 0. The topological polar surface area (TPSA) is 12.5 Å². The minimum Gasteiger partial charge on any atom is -0.496 e. The average Bonchev–Trinajstić information content (AvgIpc) is 2.93. The Labute approximate surface area is 126 Å². The van der Waals surface area contributed by atoms with Gasteiger partial charge in [0.25, 0.3) is 0 Å². The molecule has 2 nitrogen and oxygen atoms in total. The summed E-state index contributed by atoms with van der Waals surface area (Å²) in [6.45, 7) is 3.37. The third-order valence-electron chi connectivity index (χ3n) is 4.15. The van der Waals surface area contributed by atoms with Crippen LogP contribution in [0.3, 0.4) is 0 Å². The standard InChI is InChI=1S/C16H20FNO.ClH/c1-19-16-7-6-15(17)14-10-12(4-5-13(14)16)11-18-8-2-3-9-18;/h6-7,10H,2-5,8-9,11H2,1H3;1H. The Morgan fingerprint density at radius 2 is 1.95 bits per heavy atom. The molecule has 0 atom stereocenters. The molecule has 0 bridgehead atoms. The molecule has 0 spiro atoms. The molecule has 1 aliphatic heterocycles. The number of likely N-dealkylation sites (tertiary alicyclic amines) is 1. The summed E-state index contributed by atoms with van der Waals surface area (Å²) in [7, 11) is 1.65. The van der Waals surface area contributed by atoms with Crippen LogP contribution in [-0.2, 0) is 6.42 Å². The Hall–Kier alpha value is -1.06. The first-order valence-corrected chi connectivity index (χ1v) is 7.05. The second-order valence-corrected chi connectivity index (χ2v) is 5.43. The van der Waals surface area contributed by atoms with Crippen LogP contribution >= 0.6 is 12.4 Å². The van der Waals surface area contributed by atoms with E-state index in [1.165, 1.54) is 37.6 Å². The average molecular weight is 298 g/mol. The van der Waals surface area contributed by atoms with Crippen LogP contribution in [0.1, 0.15) is 30.4 Å². The third kappa shape index (κ3) is 2.99. The Morgan fingerprint density at radius 1 is 1.20 bits per heavy atom. The van der Waals surface area contributed by atoms with Crippen molar-refractivity contribution in [3.8, 4) is 5.75 Å². The van der Waals surface area contributed by atoms with Crippen LogP contribution in [0.2, 0.25) is 0 Å². The van der Waals surface area contributed by atoms with Gasteiger partial charge in [-0.2, -0.15) is 0 Å². The lowest BCUT2D eigenvalue weighted by Crippen LogP contribution is -2.23. The largest absolute Gasteiger partial charge is 0.496 e. The van der Waals surface area contributed by atoms with Crippen molar-refractivity contribution in [3.63, 3.8) is 0 Å². The lowest BCUT2D eigenvalue weighted by atomic mass is 9.91. The maximum atomic E-state index is 14.0. The van der Waals surface area contributed by atoms with Gasteiger partial charge in [-0.3, -0.25) is 4.90 Å². The van der Waals surface area contributed by atoms with Crippen molar-refractivity contribution in [3.05, 3.63) is 34.6 Å². The van der Waals surface area contributed by atoms with Gasteiger partial charge >= 0.3 is 0 Å². The van der Waals surface area contributed by atoms with E-state index in [0.717, 1.165) is 36.3 Å². The van der Waals surface area contributed by atoms with E-state index in [-0.39, 0.29) is 18.2 Å². The van der Waals surface area contributed by atoms with Crippen molar-refractivity contribution in [1.82, 2.24) is 4.90 Å². The predicted octanol–water partition coefficient (Wildman–Crippen LogP) is 3.68. The molecule has 2 aliphatic rings. The van der Waals surface area contributed by atoms with Gasteiger partial charge in [0.1, 0.15) is 11.6 Å². The molecule has 1 fully saturated rings. The van der Waals surface area contributed by atoms with Crippen LogP contribution in [0.5, 0.6) is 5.75 Å². The van der Waals surface area contributed by atoms with Gasteiger partial charge in [0.2, 0.25) is 0 Å². The smallest absolute Gasteiger partial charge is 0.130 e. The van der Waals surface area contributed by atoms with Crippen molar-refractivity contribution in [2.75, 3.05) is 26.7 Å². The van der Waals surface area contributed by atoms with Crippen molar-refractivity contribution < 1.29 is 9.13 Å². The summed E-state index contributed by atoms with van der Waals surface area (Å²) in [4.78, 5) is 2.47. The SMILES string of the molecule is COc1ccc(F)c2c1CCC(CN1CCCC1)=C2.Cl. The summed E-state index contributed by atoms with van der Waals surface area (Å²) in [6.07, 6.45) is 6.53. The van der Waals surface area contributed by atoms with E-state index >= 15 is 0 Å². The molecule has 0 unspecified atom stereocenters. The minimum absolute atomic E-state index is 0. The first-order valence-electron chi connectivity index (χ1n) is 7.05. The molecular formula is C16H21ClFNO. The molecule has 1 aliphatic carbocycles. The van der Waals surface area contributed by atoms with Crippen molar-refractivity contribution in [2.45, 2.75) is 25.7 Å². The summed E-state index contributed by atoms with van der Waals surface area (Å²) in [5.74, 6) is 0.683. The fourth-order valence-electron chi connectivity index (χ4n) is 3.14. The fraction of sp³-hybridized carbons (Fsp3) is 0.500. The molecular weight excluding hydrogens is 277 g/mol. The number of benzene rings is 1. The fourth-order valence-corrected chi connectivity index (χ4v) is 3.14. The van der Waals surface area contributed by atoms with Crippen molar-refractivity contribution in [1.29, 1.82) is 0 Å². The highest BCUT2D eigenvalue weighted by molar-refractivity contribution is 5.85. The van der Waals surface area contributed by atoms with Crippen molar-refractivity contribution in [2.24, 2.45) is 0 Å². The van der Waals surface area contributed by atoms with E-state index in [9.17, 15) is 4.39 Å².